The summed E-state index contributed by atoms with van der Waals surface area (Å²) in [5.41, 5.74) is 0.828. The normalized spacial score (nSPS) is 14.6. The van der Waals surface area contributed by atoms with Crippen molar-refractivity contribution in [3.63, 3.8) is 0 Å². The molecule has 1 rings (SSSR count). The molecule has 16 heavy (non-hydrogen) atoms. The zero-order valence-corrected chi connectivity index (χ0v) is 10.9. The zero-order chi connectivity index (χ0) is 12.1. The molecule has 5 heteroatoms. The Kier molecular flexibility index (Phi) is 4.96. The van der Waals surface area contributed by atoms with E-state index >= 15 is 0 Å². The minimum atomic E-state index is 0.222. The van der Waals surface area contributed by atoms with Gasteiger partial charge in [0.2, 0.25) is 0 Å². The Labute approximate surface area is 101 Å². The molecule has 0 aliphatic rings. The van der Waals surface area contributed by atoms with Crippen LogP contribution < -0.4 is 10.1 Å². The van der Waals surface area contributed by atoms with Crippen LogP contribution in [0.4, 0.5) is 0 Å². The van der Waals surface area contributed by atoms with Crippen molar-refractivity contribution in [2.24, 2.45) is 0 Å². The van der Waals surface area contributed by atoms with E-state index in [0.717, 1.165) is 12.1 Å². The largest absolute Gasteiger partial charge is 0.467 e. The molecule has 2 unspecified atom stereocenters. The molecule has 1 aromatic heterocycles. The third-order valence-corrected chi connectivity index (χ3v) is 3.07. The van der Waals surface area contributed by atoms with Gasteiger partial charge in [0.25, 0.3) is 0 Å². The van der Waals surface area contributed by atoms with E-state index in [1.807, 2.05) is 7.05 Å². The van der Waals surface area contributed by atoms with Crippen molar-refractivity contribution in [2.45, 2.75) is 32.2 Å². The molecule has 0 bridgehead atoms. The molecule has 0 aliphatic carbocycles. The summed E-state index contributed by atoms with van der Waals surface area (Å²) in [5, 5.41) is 3.84. The van der Waals surface area contributed by atoms with Crippen molar-refractivity contribution in [1.82, 2.24) is 15.3 Å². The second kappa shape index (κ2) is 6.01. The van der Waals surface area contributed by atoms with Crippen LogP contribution in [0, 0.1) is 0 Å². The maximum absolute atomic E-state index is 6.10. The number of hydrogen-bond acceptors (Lipinski definition) is 4. The summed E-state index contributed by atoms with van der Waals surface area (Å²) in [5.74, 6) is 0.222. The summed E-state index contributed by atoms with van der Waals surface area (Å²) in [7, 11) is 3.49. The molecule has 0 saturated carbocycles. The molecule has 1 N–H and O–H groups in total. The van der Waals surface area contributed by atoms with Crippen LogP contribution >= 0.6 is 11.6 Å². The Morgan fingerprint density at radius 2 is 2.25 bits per heavy atom. The van der Waals surface area contributed by atoms with Crippen LogP contribution in [-0.2, 0) is 0 Å². The van der Waals surface area contributed by atoms with Crippen LogP contribution in [0.1, 0.15) is 31.9 Å². The highest BCUT2D eigenvalue weighted by atomic mass is 35.5. The molecule has 4 nitrogen and oxygen atoms in total. The summed E-state index contributed by atoms with van der Waals surface area (Å²) in [6, 6.07) is 0.703. The first kappa shape index (κ1) is 13.2. The summed E-state index contributed by atoms with van der Waals surface area (Å²) in [6.45, 7) is 4.22. The fourth-order valence-corrected chi connectivity index (χ4v) is 2.04. The van der Waals surface area contributed by atoms with Gasteiger partial charge in [0.1, 0.15) is 0 Å². The first-order valence-electron chi connectivity index (χ1n) is 5.37. The van der Waals surface area contributed by atoms with Crippen molar-refractivity contribution < 1.29 is 4.74 Å². The zero-order valence-electron chi connectivity index (χ0n) is 10.1. The highest BCUT2D eigenvalue weighted by molar-refractivity contribution is 6.31. The molecule has 0 fully saturated rings. The summed E-state index contributed by atoms with van der Waals surface area (Å²) >= 11 is 6.10. The van der Waals surface area contributed by atoms with Gasteiger partial charge < -0.3 is 10.1 Å². The molecule has 1 heterocycles. The Hall–Kier alpha value is -0.870. The molecule has 0 aromatic carbocycles. The lowest BCUT2D eigenvalue weighted by atomic mass is 9.96. The highest BCUT2D eigenvalue weighted by Gasteiger charge is 2.20. The number of rotatable bonds is 5. The second-order valence-corrected chi connectivity index (χ2v) is 4.09. The predicted octanol–water partition coefficient (Wildman–Crippen LogP) is 2.24. The topological polar surface area (TPSA) is 47.0 Å². The lowest BCUT2D eigenvalue weighted by Crippen LogP contribution is -2.30. The van der Waals surface area contributed by atoms with Gasteiger partial charge in [0.15, 0.2) is 0 Å². The first-order valence-corrected chi connectivity index (χ1v) is 5.75. The number of nitrogens with zero attached hydrogens (tertiary/aromatic N) is 2. The fourth-order valence-electron chi connectivity index (χ4n) is 1.78. The van der Waals surface area contributed by atoms with Gasteiger partial charge in [0, 0.05) is 12.0 Å². The smallest absolute Gasteiger partial charge is 0.316 e. The van der Waals surface area contributed by atoms with Gasteiger partial charge in [0.05, 0.1) is 24.0 Å². The van der Waals surface area contributed by atoms with E-state index in [4.69, 9.17) is 16.3 Å². The average Bonchev–Trinajstić information content (AvgIpc) is 2.31. The monoisotopic (exact) mass is 243 g/mol. The number of nitrogens with one attached hydrogen (secondary N) is 1. The van der Waals surface area contributed by atoms with Crippen LogP contribution in [0.5, 0.6) is 6.01 Å². The number of ether oxygens (including phenoxy) is 1. The quantitative estimate of drug-likeness (QED) is 0.862. The van der Waals surface area contributed by atoms with Gasteiger partial charge in [-0.3, -0.25) is 0 Å². The molecule has 2 atom stereocenters. The van der Waals surface area contributed by atoms with Crippen molar-refractivity contribution in [1.29, 1.82) is 0 Å². The standard InChI is InChI=1S/C11H18ClN3O/c1-5-9(13-3)7(2)10-8(12)6-14-11(15-10)16-4/h6-7,9,13H,5H2,1-4H3. The molecule has 0 amide bonds. The fraction of sp³-hybridized carbons (Fsp3) is 0.636. The molecular weight excluding hydrogens is 226 g/mol. The maximum Gasteiger partial charge on any atom is 0.316 e. The number of halogens is 1. The van der Waals surface area contributed by atoms with E-state index in [2.05, 4.69) is 29.1 Å². The van der Waals surface area contributed by atoms with Gasteiger partial charge in [-0.05, 0) is 13.5 Å². The van der Waals surface area contributed by atoms with E-state index in [0.29, 0.717) is 17.1 Å². The van der Waals surface area contributed by atoms with E-state index in [9.17, 15) is 0 Å². The van der Waals surface area contributed by atoms with Gasteiger partial charge in [-0.2, -0.15) is 4.98 Å². The average molecular weight is 244 g/mol. The Balaban J connectivity index is 3.01. The highest BCUT2D eigenvalue weighted by Crippen LogP contribution is 2.26. The Morgan fingerprint density at radius 1 is 1.56 bits per heavy atom. The Morgan fingerprint density at radius 3 is 2.75 bits per heavy atom. The van der Waals surface area contributed by atoms with E-state index in [-0.39, 0.29) is 5.92 Å². The van der Waals surface area contributed by atoms with Gasteiger partial charge in [-0.15, -0.1) is 0 Å². The minimum absolute atomic E-state index is 0.222. The third kappa shape index (κ3) is 2.83. The summed E-state index contributed by atoms with van der Waals surface area (Å²) < 4.78 is 5.01. The van der Waals surface area contributed by atoms with Gasteiger partial charge >= 0.3 is 6.01 Å². The number of aromatic nitrogens is 2. The van der Waals surface area contributed by atoms with Crippen molar-refractivity contribution >= 4 is 11.6 Å². The van der Waals surface area contributed by atoms with Crippen molar-refractivity contribution in [2.75, 3.05) is 14.2 Å². The summed E-state index contributed by atoms with van der Waals surface area (Å²) in [4.78, 5) is 8.27. The number of methoxy groups -OCH3 is 1. The van der Waals surface area contributed by atoms with Crippen LogP contribution in [0.3, 0.4) is 0 Å². The van der Waals surface area contributed by atoms with Crippen LogP contribution in [0.15, 0.2) is 6.20 Å². The molecule has 1 aromatic rings. The molecule has 90 valence electrons. The lowest BCUT2D eigenvalue weighted by molar-refractivity contribution is 0.373. The maximum atomic E-state index is 6.10. The van der Waals surface area contributed by atoms with Crippen molar-refractivity contribution in [3.05, 3.63) is 16.9 Å². The minimum Gasteiger partial charge on any atom is -0.467 e. The van der Waals surface area contributed by atoms with Gasteiger partial charge in [-0.1, -0.05) is 25.4 Å². The van der Waals surface area contributed by atoms with Crippen LogP contribution in [0.2, 0.25) is 5.02 Å². The van der Waals surface area contributed by atoms with E-state index < -0.39 is 0 Å². The SMILES string of the molecule is CCC(NC)C(C)c1nc(OC)ncc1Cl. The molecular formula is C11H18ClN3O. The first-order chi connectivity index (χ1) is 7.63. The van der Waals surface area contributed by atoms with E-state index in [1.54, 1.807) is 13.3 Å². The number of likely N-dealkylation sites (N-methyl/N-ethyl adjacent to an activating group) is 1. The molecule has 0 saturated heterocycles. The molecule has 0 radical (unpaired) electrons. The molecule has 0 spiro atoms. The predicted molar refractivity (Wildman–Crippen MR) is 65.1 cm³/mol. The van der Waals surface area contributed by atoms with E-state index in [1.165, 1.54) is 0 Å². The van der Waals surface area contributed by atoms with Gasteiger partial charge in [-0.25, -0.2) is 4.98 Å². The third-order valence-electron chi connectivity index (χ3n) is 2.78. The number of hydrogen-bond donors (Lipinski definition) is 1. The van der Waals surface area contributed by atoms with Crippen LogP contribution in [-0.4, -0.2) is 30.2 Å². The Bertz CT molecular complexity index is 342. The molecule has 0 aliphatic heterocycles. The van der Waals surface area contributed by atoms with Crippen LogP contribution in [0.25, 0.3) is 0 Å². The summed E-state index contributed by atoms with van der Waals surface area (Å²) in [6.07, 6.45) is 2.60. The second-order valence-electron chi connectivity index (χ2n) is 3.68. The lowest BCUT2D eigenvalue weighted by Gasteiger charge is -2.22. The van der Waals surface area contributed by atoms with Crippen molar-refractivity contribution in [3.8, 4) is 6.01 Å².